The van der Waals surface area contributed by atoms with Crippen LogP contribution < -0.4 is 9.80 Å². The number of benzene rings is 9. The van der Waals surface area contributed by atoms with Crippen LogP contribution in [0.15, 0.2) is 179 Å². The lowest BCUT2D eigenvalue weighted by molar-refractivity contribution is 0.667. The van der Waals surface area contributed by atoms with E-state index in [2.05, 4.69) is 171 Å². The minimum Gasteiger partial charge on any atom is -0.455 e. The Hall–Kier alpha value is -8.32. The summed E-state index contributed by atoms with van der Waals surface area (Å²) < 4.78 is 13.5. The highest BCUT2D eigenvalue weighted by Gasteiger charge is 2.20. The van der Waals surface area contributed by atoms with E-state index in [4.69, 9.17) is 8.83 Å². The molecule has 0 amide bonds. The number of fused-ring (bicyclic) bond motifs is 10. The molecule has 2 aromatic heterocycles. The summed E-state index contributed by atoms with van der Waals surface area (Å²) in [6.07, 6.45) is 0. The molecule has 64 heavy (non-hydrogen) atoms. The smallest absolute Gasteiger partial charge is 0.143 e. The molecule has 0 unspecified atom stereocenters. The molecular weight excluding hydrogens is 785 g/mol. The maximum Gasteiger partial charge on any atom is 0.143 e. The molecule has 2 heterocycles. The van der Waals surface area contributed by atoms with Gasteiger partial charge in [-0.1, -0.05) is 64.1 Å². The number of hydrogen-bond donors (Lipinski definition) is 0. The fourth-order valence-corrected chi connectivity index (χ4v) is 9.15. The molecule has 0 bridgehead atoms. The van der Waals surface area contributed by atoms with E-state index in [0.717, 1.165) is 99.5 Å². The molecule has 0 radical (unpaired) electrons. The van der Waals surface area contributed by atoms with E-state index < -0.39 is 0 Å². The van der Waals surface area contributed by atoms with Gasteiger partial charge in [0.05, 0.1) is 23.3 Å². The molecule has 6 nitrogen and oxygen atoms in total. The lowest BCUT2D eigenvalue weighted by Crippen LogP contribution is -2.10. The van der Waals surface area contributed by atoms with Gasteiger partial charge in [-0.3, -0.25) is 0 Å². The Balaban J connectivity index is 0.982. The van der Waals surface area contributed by atoms with Crippen molar-refractivity contribution >= 4 is 99.5 Å². The first-order valence-electron chi connectivity index (χ1n) is 21.7. The Morgan fingerprint density at radius 1 is 0.359 bits per heavy atom. The normalized spacial score (nSPS) is 11.7. The van der Waals surface area contributed by atoms with Crippen LogP contribution in [0.4, 0.5) is 34.1 Å². The van der Waals surface area contributed by atoms with Crippen molar-refractivity contribution in [3.05, 3.63) is 192 Å². The van der Waals surface area contributed by atoms with Crippen molar-refractivity contribution in [1.82, 2.24) is 0 Å². The average Bonchev–Trinajstić information content (AvgIpc) is 3.89. The SMILES string of the molecule is CC(C)c1ccc(N(c2ccc(C#N)cc2)c2ccc3c(ccc4c5cc6oc7c8ccc(N(c9ccc(C#N)cc9)c9ccc(C(C)C)cc9)cc8ccc7c6cc5oc34)c2)cc1. The first-order valence-corrected chi connectivity index (χ1v) is 21.7. The highest BCUT2D eigenvalue weighted by Crippen LogP contribution is 2.44. The standard InChI is InChI=1S/C58H42N4O2/c1-35(2)39-9-19-45(20-10-39)61(43-15-5-37(33-59)6-16-43)47-23-27-49-41(29-47)13-25-51-53-31-56-54(32-55(53)63-57(49)51)52-26-14-42-30-48(24-28-50(42)58(52)64-56)62(44-17-7-38(34-60)8-18-44)46-21-11-40(12-22-46)36(3)4/h5-32,35-36H,1-4H3. The third-order valence-electron chi connectivity index (χ3n) is 12.7. The van der Waals surface area contributed by atoms with Crippen LogP contribution in [0.2, 0.25) is 0 Å². The summed E-state index contributed by atoms with van der Waals surface area (Å²) in [5, 5.41) is 27.2. The first kappa shape index (κ1) is 38.6. The number of anilines is 6. The predicted octanol–water partition coefficient (Wildman–Crippen LogP) is 16.7. The Morgan fingerprint density at radius 3 is 1.03 bits per heavy atom. The zero-order chi connectivity index (χ0) is 43.6. The van der Waals surface area contributed by atoms with Gasteiger partial charge in [-0.25, -0.2) is 0 Å². The molecule has 0 atom stereocenters. The summed E-state index contributed by atoms with van der Waals surface area (Å²) in [5.41, 5.74) is 13.2. The van der Waals surface area contributed by atoms with E-state index in [0.29, 0.717) is 23.0 Å². The monoisotopic (exact) mass is 826 g/mol. The summed E-state index contributed by atoms with van der Waals surface area (Å²) in [4.78, 5) is 4.46. The molecule has 0 fully saturated rings. The van der Waals surface area contributed by atoms with Crippen molar-refractivity contribution in [2.24, 2.45) is 0 Å². The first-order chi connectivity index (χ1) is 31.2. The second-order valence-electron chi connectivity index (χ2n) is 17.2. The van der Waals surface area contributed by atoms with E-state index in [-0.39, 0.29) is 0 Å². The van der Waals surface area contributed by atoms with Crippen molar-refractivity contribution < 1.29 is 8.83 Å². The average molecular weight is 827 g/mol. The molecular formula is C58H42N4O2. The predicted molar refractivity (Wildman–Crippen MR) is 263 cm³/mol. The summed E-state index contributed by atoms with van der Waals surface area (Å²) in [6.45, 7) is 8.81. The van der Waals surface area contributed by atoms with Crippen molar-refractivity contribution in [3.63, 3.8) is 0 Å². The van der Waals surface area contributed by atoms with Gasteiger partial charge < -0.3 is 18.6 Å². The molecule has 9 aromatic carbocycles. The van der Waals surface area contributed by atoms with Gasteiger partial charge in [0, 0.05) is 66.4 Å². The maximum atomic E-state index is 9.50. The zero-order valence-electron chi connectivity index (χ0n) is 35.9. The minimum atomic E-state index is 0.430. The fourth-order valence-electron chi connectivity index (χ4n) is 9.15. The van der Waals surface area contributed by atoms with E-state index in [9.17, 15) is 10.5 Å². The van der Waals surface area contributed by atoms with Gasteiger partial charge in [-0.15, -0.1) is 0 Å². The molecule has 0 spiro atoms. The third kappa shape index (κ3) is 6.48. The zero-order valence-corrected chi connectivity index (χ0v) is 35.9. The van der Waals surface area contributed by atoms with Crippen LogP contribution in [-0.4, -0.2) is 0 Å². The van der Waals surface area contributed by atoms with Crippen LogP contribution in [0.5, 0.6) is 0 Å². The molecule has 11 aromatic rings. The molecule has 11 rings (SSSR count). The Kier molecular flexibility index (Phi) is 9.19. The number of nitriles is 2. The molecule has 306 valence electrons. The van der Waals surface area contributed by atoms with Gasteiger partial charge in [-0.2, -0.15) is 10.5 Å². The molecule has 0 saturated carbocycles. The van der Waals surface area contributed by atoms with Gasteiger partial charge in [0.15, 0.2) is 0 Å². The maximum absolute atomic E-state index is 9.50. The van der Waals surface area contributed by atoms with E-state index in [1.165, 1.54) is 11.1 Å². The van der Waals surface area contributed by atoms with Crippen molar-refractivity contribution in [1.29, 1.82) is 10.5 Å². The molecule has 0 aliphatic rings. The second kappa shape index (κ2) is 15.2. The van der Waals surface area contributed by atoms with Gasteiger partial charge in [0.25, 0.3) is 0 Å². The Bertz CT molecular complexity index is 3430. The van der Waals surface area contributed by atoms with E-state index in [1.807, 2.05) is 48.5 Å². The lowest BCUT2D eigenvalue weighted by Gasteiger charge is -2.26. The van der Waals surface area contributed by atoms with Gasteiger partial charge in [-0.05, 0) is 167 Å². The Labute approximate surface area is 371 Å². The van der Waals surface area contributed by atoms with Crippen LogP contribution in [0, 0.1) is 22.7 Å². The van der Waals surface area contributed by atoms with E-state index >= 15 is 0 Å². The van der Waals surface area contributed by atoms with Crippen LogP contribution in [-0.2, 0) is 0 Å². The van der Waals surface area contributed by atoms with Crippen molar-refractivity contribution in [2.45, 2.75) is 39.5 Å². The number of nitrogens with zero attached hydrogens (tertiary/aromatic N) is 4. The molecule has 0 aliphatic heterocycles. The summed E-state index contributed by atoms with van der Waals surface area (Å²) in [6, 6.07) is 63.3. The van der Waals surface area contributed by atoms with Crippen molar-refractivity contribution in [3.8, 4) is 12.1 Å². The highest BCUT2D eigenvalue weighted by atomic mass is 16.3. The van der Waals surface area contributed by atoms with Crippen LogP contribution in [0.3, 0.4) is 0 Å². The molecule has 0 N–H and O–H groups in total. The van der Waals surface area contributed by atoms with Gasteiger partial charge in [0.1, 0.15) is 22.3 Å². The van der Waals surface area contributed by atoms with Gasteiger partial charge in [0.2, 0.25) is 0 Å². The largest absolute Gasteiger partial charge is 0.455 e. The van der Waals surface area contributed by atoms with Crippen LogP contribution in [0.1, 0.15) is 61.8 Å². The summed E-state index contributed by atoms with van der Waals surface area (Å²) >= 11 is 0. The minimum absolute atomic E-state index is 0.430. The Morgan fingerprint density at radius 2 is 0.688 bits per heavy atom. The van der Waals surface area contributed by atoms with E-state index in [1.54, 1.807) is 0 Å². The number of hydrogen-bond acceptors (Lipinski definition) is 6. The van der Waals surface area contributed by atoms with Crippen LogP contribution >= 0.6 is 0 Å². The third-order valence-corrected chi connectivity index (χ3v) is 12.7. The number of rotatable bonds is 8. The van der Waals surface area contributed by atoms with Crippen molar-refractivity contribution in [2.75, 3.05) is 9.80 Å². The topological polar surface area (TPSA) is 80.3 Å². The quantitative estimate of drug-likeness (QED) is 0.152. The van der Waals surface area contributed by atoms with Gasteiger partial charge >= 0.3 is 0 Å². The number of furan rings is 2. The fraction of sp³-hybridized carbons (Fsp3) is 0.103. The highest BCUT2D eigenvalue weighted by molar-refractivity contribution is 6.21. The second-order valence-corrected chi connectivity index (χ2v) is 17.2. The summed E-state index contributed by atoms with van der Waals surface area (Å²) in [7, 11) is 0. The van der Waals surface area contributed by atoms with Crippen LogP contribution in [0.25, 0.3) is 65.4 Å². The molecule has 0 saturated heterocycles. The lowest BCUT2D eigenvalue weighted by atomic mass is 10.0. The molecule has 6 heteroatoms. The summed E-state index contributed by atoms with van der Waals surface area (Å²) in [5.74, 6) is 0.859. The molecule has 0 aliphatic carbocycles.